The van der Waals surface area contributed by atoms with Gasteiger partial charge in [0, 0.05) is 11.9 Å². The molecule has 1 aromatic heterocycles. The lowest BCUT2D eigenvalue weighted by Crippen LogP contribution is -2.22. The minimum Gasteiger partial charge on any atom is -0.385 e. The molecule has 1 rings (SSSR count). The fourth-order valence-corrected chi connectivity index (χ4v) is 1.51. The van der Waals surface area contributed by atoms with E-state index in [2.05, 4.69) is 17.2 Å². The summed E-state index contributed by atoms with van der Waals surface area (Å²) in [6.07, 6.45) is 0.631. The van der Waals surface area contributed by atoms with Crippen molar-refractivity contribution in [2.75, 3.05) is 13.1 Å². The van der Waals surface area contributed by atoms with Crippen molar-refractivity contribution < 1.29 is 5.11 Å². The lowest BCUT2D eigenvalue weighted by atomic mass is 10.3. The van der Waals surface area contributed by atoms with Gasteiger partial charge in [0.05, 0.1) is 11.2 Å². The smallest absolute Gasteiger partial charge is 0.109 e. The normalized spacial score (nSPS) is 13.2. The number of hydrogen-bond acceptors (Lipinski definition) is 4. The number of hydrogen-bond donors (Lipinski definition) is 2. The Kier molecular flexibility index (Phi) is 4.21. The highest BCUT2D eigenvalue weighted by Gasteiger charge is 2.07. The highest BCUT2D eigenvalue weighted by atomic mass is 32.1. The fourth-order valence-electron chi connectivity index (χ4n) is 0.907. The van der Waals surface area contributed by atoms with Crippen LogP contribution in [0.25, 0.3) is 0 Å². The Hall–Kier alpha value is -0.450. The number of nitrogens with one attached hydrogen (secondary N) is 1. The summed E-state index contributed by atoms with van der Waals surface area (Å²) < 4.78 is 0. The third kappa shape index (κ3) is 2.89. The summed E-state index contributed by atoms with van der Waals surface area (Å²) in [5.74, 6) is 0. The lowest BCUT2D eigenvalue weighted by Gasteiger charge is -2.07. The first kappa shape index (κ1) is 9.64. The Balaban J connectivity index is 2.25. The van der Waals surface area contributed by atoms with Gasteiger partial charge >= 0.3 is 0 Å². The van der Waals surface area contributed by atoms with E-state index in [0.29, 0.717) is 6.54 Å². The van der Waals surface area contributed by atoms with Gasteiger partial charge in [-0.3, -0.25) is 0 Å². The van der Waals surface area contributed by atoms with E-state index in [9.17, 15) is 5.11 Å². The van der Waals surface area contributed by atoms with Gasteiger partial charge in [-0.15, -0.1) is 11.3 Å². The van der Waals surface area contributed by atoms with Gasteiger partial charge in [-0.1, -0.05) is 6.92 Å². The minimum atomic E-state index is -0.456. The zero-order chi connectivity index (χ0) is 8.81. The van der Waals surface area contributed by atoms with Crippen molar-refractivity contribution >= 4 is 11.3 Å². The summed E-state index contributed by atoms with van der Waals surface area (Å²) in [6.45, 7) is 3.64. The summed E-state index contributed by atoms with van der Waals surface area (Å²) >= 11 is 1.51. The van der Waals surface area contributed by atoms with Gasteiger partial charge in [0.2, 0.25) is 0 Å². The second kappa shape index (κ2) is 5.24. The zero-order valence-electron chi connectivity index (χ0n) is 7.16. The molecule has 2 N–H and O–H groups in total. The molecule has 1 aromatic rings. The Morgan fingerprint density at radius 1 is 1.75 bits per heavy atom. The van der Waals surface area contributed by atoms with Crippen molar-refractivity contribution in [3.05, 3.63) is 16.6 Å². The summed E-state index contributed by atoms with van der Waals surface area (Å²) in [5, 5.41) is 14.5. The SMILES string of the molecule is CCCNCC(O)c1cscn1. The quantitative estimate of drug-likeness (QED) is 0.679. The molecule has 0 aliphatic heterocycles. The number of aromatic nitrogens is 1. The first-order valence-corrected chi connectivity index (χ1v) is 5.05. The molecule has 0 aliphatic rings. The Morgan fingerprint density at radius 3 is 3.17 bits per heavy atom. The molecule has 0 saturated carbocycles. The van der Waals surface area contributed by atoms with Crippen molar-refractivity contribution in [1.82, 2.24) is 10.3 Å². The molecule has 4 heteroatoms. The summed E-state index contributed by atoms with van der Waals surface area (Å²) in [5.41, 5.74) is 2.50. The molecular weight excluding hydrogens is 172 g/mol. The lowest BCUT2D eigenvalue weighted by molar-refractivity contribution is 0.171. The zero-order valence-corrected chi connectivity index (χ0v) is 7.97. The number of rotatable bonds is 5. The van der Waals surface area contributed by atoms with Crippen molar-refractivity contribution in [2.24, 2.45) is 0 Å². The standard InChI is InChI=1S/C8H14N2OS/c1-2-3-9-4-8(11)7-5-12-6-10-7/h5-6,8-9,11H,2-4H2,1H3. The predicted octanol–water partition coefficient (Wildman–Crippen LogP) is 1.18. The first-order chi connectivity index (χ1) is 5.84. The Labute approximate surface area is 76.5 Å². The number of aliphatic hydroxyl groups is 1. The van der Waals surface area contributed by atoms with Gasteiger partial charge in [-0.2, -0.15) is 0 Å². The molecule has 0 aliphatic carbocycles. The predicted molar refractivity (Wildman–Crippen MR) is 50.2 cm³/mol. The maximum Gasteiger partial charge on any atom is 0.109 e. The van der Waals surface area contributed by atoms with Crippen LogP contribution < -0.4 is 5.32 Å². The monoisotopic (exact) mass is 186 g/mol. The van der Waals surface area contributed by atoms with E-state index < -0.39 is 6.10 Å². The average Bonchev–Trinajstić information content (AvgIpc) is 2.56. The molecule has 1 unspecified atom stereocenters. The molecule has 12 heavy (non-hydrogen) atoms. The van der Waals surface area contributed by atoms with Crippen molar-refractivity contribution in [3.8, 4) is 0 Å². The van der Waals surface area contributed by atoms with Gasteiger partial charge in [0.15, 0.2) is 0 Å². The van der Waals surface area contributed by atoms with Crippen LogP contribution in [0.3, 0.4) is 0 Å². The van der Waals surface area contributed by atoms with Crippen LogP contribution in [0.1, 0.15) is 25.1 Å². The maximum absolute atomic E-state index is 9.52. The Bertz CT molecular complexity index is 201. The minimum absolute atomic E-state index is 0.456. The topological polar surface area (TPSA) is 45.1 Å². The molecule has 0 radical (unpaired) electrons. The first-order valence-electron chi connectivity index (χ1n) is 4.11. The van der Waals surface area contributed by atoms with Gasteiger partial charge in [-0.05, 0) is 13.0 Å². The molecule has 1 heterocycles. The van der Waals surface area contributed by atoms with Gasteiger partial charge in [-0.25, -0.2) is 4.98 Å². The van der Waals surface area contributed by atoms with E-state index in [-0.39, 0.29) is 0 Å². The van der Waals surface area contributed by atoms with Gasteiger partial charge in [0.25, 0.3) is 0 Å². The van der Waals surface area contributed by atoms with Crippen LogP contribution in [-0.4, -0.2) is 23.2 Å². The molecule has 0 fully saturated rings. The number of aliphatic hydroxyl groups excluding tert-OH is 1. The summed E-state index contributed by atoms with van der Waals surface area (Å²) in [4.78, 5) is 4.02. The highest BCUT2D eigenvalue weighted by molar-refractivity contribution is 7.07. The van der Waals surface area contributed by atoms with E-state index in [1.807, 2.05) is 5.38 Å². The molecule has 3 nitrogen and oxygen atoms in total. The molecular formula is C8H14N2OS. The molecule has 1 atom stereocenters. The molecule has 0 saturated heterocycles. The van der Waals surface area contributed by atoms with Crippen LogP contribution in [0.5, 0.6) is 0 Å². The third-order valence-electron chi connectivity index (χ3n) is 1.56. The van der Waals surface area contributed by atoms with Crippen LogP contribution in [0.15, 0.2) is 10.9 Å². The molecule has 0 amide bonds. The molecule has 0 spiro atoms. The molecule has 0 aromatic carbocycles. The average molecular weight is 186 g/mol. The van der Waals surface area contributed by atoms with E-state index in [1.54, 1.807) is 5.51 Å². The Morgan fingerprint density at radius 2 is 2.58 bits per heavy atom. The van der Waals surface area contributed by atoms with Crippen molar-refractivity contribution in [3.63, 3.8) is 0 Å². The van der Waals surface area contributed by atoms with Crippen molar-refractivity contribution in [1.29, 1.82) is 0 Å². The molecule has 0 bridgehead atoms. The van der Waals surface area contributed by atoms with Crippen LogP contribution in [-0.2, 0) is 0 Å². The summed E-state index contributed by atoms with van der Waals surface area (Å²) in [7, 11) is 0. The maximum atomic E-state index is 9.52. The third-order valence-corrected chi connectivity index (χ3v) is 2.16. The van der Waals surface area contributed by atoms with Gasteiger partial charge in [0.1, 0.15) is 6.10 Å². The van der Waals surface area contributed by atoms with Crippen LogP contribution in [0.4, 0.5) is 0 Å². The fraction of sp³-hybridized carbons (Fsp3) is 0.625. The number of nitrogens with zero attached hydrogens (tertiary/aromatic N) is 1. The van der Waals surface area contributed by atoms with Crippen LogP contribution >= 0.6 is 11.3 Å². The largest absolute Gasteiger partial charge is 0.385 e. The second-order valence-corrected chi connectivity index (χ2v) is 3.35. The van der Waals surface area contributed by atoms with E-state index >= 15 is 0 Å². The van der Waals surface area contributed by atoms with Gasteiger partial charge < -0.3 is 10.4 Å². The molecule has 68 valence electrons. The second-order valence-electron chi connectivity index (χ2n) is 2.63. The number of thiazole rings is 1. The summed E-state index contributed by atoms with van der Waals surface area (Å²) in [6, 6.07) is 0. The van der Waals surface area contributed by atoms with Crippen molar-refractivity contribution in [2.45, 2.75) is 19.4 Å². The van der Waals surface area contributed by atoms with Crippen LogP contribution in [0, 0.1) is 0 Å². The van der Waals surface area contributed by atoms with E-state index in [4.69, 9.17) is 0 Å². The van der Waals surface area contributed by atoms with Crippen LogP contribution in [0.2, 0.25) is 0 Å². The highest BCUT2D eigenvalue weighted by Crippen LogP contribution is 2.10. The van der Waals surface area contributed by atoms with E-state index in [0.717, 1.165) is 18.7 Å². The van der Waals surface area contributed by atoms with E-state index in [1.165, 1.54) is 11.3 Å².